The first kappa shape index (κ1) is 18.2. The van der Waals surface area contributed by atoms with Gasteiger partial charge in [-0.3, -0.25) is 0 Å². The van der Waals surface area contributed by atoms with E-state index in [4.69, 9.17) is 5.73 Å². The van der Waals surface area contributed by atoms with Crippen molar-refractivity contribution in [3.05, 3.63) is 0 Å². The second-order valence-electron chi connectivity index (χ2n) is 10.4. The Morgan fingerprint density at radius 2 is 1.68 bits per heavy atom. The first-order valence-corrected chi connectivity index (χ1v) is 10.5. The molecule has 4 nitrogen and oxygen atoms in total. The molecule has 144 valence electrons. The van der Waals surface area contributed by atoms with E-state index in [0.717, 1.165) is 51.4 Å². The van der Waals surface area contributed by atoms with Crippen molar-refractivity contribution in [1.29, 1.82) is 0 Å². The van der Waals surface area contributed by atoms with Gasteiger partial charge in [0.1, 0.15) is 0 Å². The van der Waals surface area contributed by atoms with Crippen LogP contribution in [0.1, 0.15) is 72.1 Å². The third kappa shape index (κ3) is 2.20. The molecule has 0 radical (unpaired) electrons. The Morgan fingerprint density at radius 3 is 2.36 bits per heavy atom. The fourth-order valence-electron chi connectivity index (χ4n) is 8.10. The van der Waals surface area contributed by atoms with E-state index >= 15 is 0 Å². The van der Waals surface area contributed by atoms with Crippen molar-refractivity contribution >= 4 is 0 Å². The third-order valence-corrected chi connectivity index (χ3v) is 9.72. The second kappa shape index (κ2) is 5.67. The summed E-state index contributed by atoms with van der Waals surface area (Å²) in [4.78, 5) is 0. The van der Waals surface area contributed by atoms with Crippen molar-refractivity contribution in [2.45, 2.75) is 96.0 Å². The third-order valence-electron chi connectivity index (χ3n) is 9.72. The van der Waals surface area contributed by atoms with Gasteiger partial charge >= 0.3 is 0 Å². The van der Waals surface area contributed by atoms with Crippen LogP contribution in [0.5, 0.6) is 0 Å². The van der Waals surface area contributed by atoms with Crippen molar-refractivity contribution in [1.82, 2.24) is 0 Å². The Balaban J connectivity index is 1.71. The number of nitrogens with two attached hydrogens (primary N) is 1. The van der Waals surface area contributed by atoms with Crippen LogP contribution in [0.25, 0.3) is 0 Å². The zero-order chi connectivity index (χ0) is 18.2. The lowest BCUT2D eigenvalue weighted by Gasteiger charge is -2.65. The molecule has 4 aliphatic rings. The minimum absolute atomic E-state index is 0.0900. The standard InChI is InChI=1S/C21H37NO3/c1-12(23)15-7-9-21(22)16-5-4-13-10-14(24)6-8-19(13,2)17(16)11-18(25)20(15,21)3/h12-18,23-25H,4-11,22H2,1-3H3/t12?,13?,14?,15-,16-,17+,18?,19+,20+,21?/m1/s1. The number of fused-ring (bicyclic) bond motifs is 5. The lowest BCUT2D eigenvalue weighted by Crippen LogP contribution is -2.71. The molecule has 0 aromatic heterocycles. The number of rotatable bonds is 1. The van der Waals surface area contributed by atoms with Crippen LogP contribution in [0.2, 0.25) is 0 Å². The highest BCUT2D eigenvalue weighted by atomic mass is 16.3. The van der Waals surface area contributed by atoms with Crippen LogP contribution < -0.4 is 5.73 Å². The van der Waals surface area contributed by atoms with Gasteiger partial charge in [0.2, 0.25) is 0 Å². The quantitative estimate of drug-likeness (QED) is 0.584. The zero-order valence-electron chi connectivity index (χ0n) is 16.1. The van der Waals surface area contributed by atoms with Gasteiger partial charge in [0.15, 0.2) is 0 Å². The van der Waals surface area contributed by atoms with Gasteiger partial charge < -0.3 is 21.1 Å². The maximum Gasteiger partial charge on any atom is 0.0618 e. The van der Waals surface area contributed by atoms with E-state index in [2.05, 4.69) is 13.8 Å². The van der Waals surface area contributed by atoms with Crippen molar-refractivity contribution < 1.29 is 15.3 Å². The van der Waals surface area contributed by atoms with Gasteiger partial charge in [-0.2, -0.15) is 0 Å². The lowest BCUT2D eigenvalue weighted by molar-refractivity contribution is -0.187. The van der Waals surface area contributed by atoms with Crippen LogP contribution in [0, 0.1) is 34.5 Å². The number of aliphatic hydroxyl groups excluding tert-OH is 3. The van der Waals surface area contributed by atoms with Crippen molar-refractivity contribution in [2.24, 2.45) is 40.2 Å². The topological polar surface area (TPSA) is 86.7 Å². The predicted octanol–water partition coefficient (Wildman–Crippen LogP) is 2.44. The maximum atomic E-state index is 11.3. The Kier molecular flexibility index (Phi) is 4.13. The number of aliphatic hydroxyl groups is 3. The Labute approximate surface area is 152 Å². The van der Waals surface area contributed by atoms with Crippen LogP contribution >= 0.6 is 0 Å². The van der Waals surface area contributed by atoms with E-state index in [9.17, 15) is 15.3 Å². The molecule has 5 unspecified atom stereocenters. The SMILES string of the molecule is CC(O)[C@H]1CCC2(N)[C@@H]3CCC4CC(O)CC[C@]4(C)[C@H]3CC(O)[C@]12C. The molecule has 0 bridgehead atoms. The Morgan fingerprint density at radius 1 is 0.960 bits per heavy atom. The molecule has 0 aliphatic heterocycles. The zero-order valence-corrected chi connectivity index (χ0v) is 16.1. The molecule has 0 heterocycles. The average Bonchev–Trinajstić information content (AvgIpc) is 2.83. The summed E-state index contributed by atoms with van der Waals surface area (Å²) in [6, 6.07) is 0. The summed E-state index contributed by atoms with van der Waals surface area (Å²) >= 11 is 0. The van der Waals surface area contributed by atoms with Crippen LogP contribution in [0.4, 0.5) is 0 Å². The molecule has 0 aromatic carbocycles. The van der Waals surface area contributed by atoms with E-state index in [0.29, 0.717) is 17.8 Å². The summed E-state index contributed by atoms with van der Waals surface area (Å²) in [5.41, 5.74) is 6.59. The van der Waals surface area contributed by atoms with Gasteiger partial charge in [0.25, 0.3) is 0 Å². The molecule has 0 aromatic rings. The molecular weight excluding hydrogens is 314 g/mol. The summed E-state index contributed by atoms with van der Waals surface area (Å²) in [7, 11) is 0. The minimum Gasteiger partial charge on any atom is -0.393 e. The summed E-state index contributed by atoms with van der Waals surface area (Å²) in [6.45, 7) is 6.42. The molecule has 25 heavy (non-hydrogen) atoms. The molecule has 0 saturated heterocycles. The van der Waals surface area contributed by atoms with Gasteiger partial charge in [-0.1, -0.05) is 13.8 Å². The Bertz CT molecular complexity index is 539. The first-order valence-electron chi connectivity index (χ1n) is 10.5. The molecule has 0 spiro atoms. The smallest absolute Gasteiger partial charge is 0.0618 e. The molecule has 10 atom stereocenters. The molecule has 4 aliphatic carbocycles. The fraction of sp³-hybridized carbons (Fsp3) is 1.00. The summed E-state index contributed by atoms with van der Waals surface area (Å²) < 4.78 is 0. The van der Waals surface area contributed by atoms with Crippen LogP contribution in [0.3, 0.4) is 0 Å². The van der Waals surface area contributed by atoms with Gasteiger partial charge in [-0.15, -0.1) is 0 Å². The van der Waals surface area contributed by atoms with Crippen LogP contribution in [-0.2, 0) is 0 Å². The van der Waals surface area contributed by atoms with Gasteiger partial charge in [-0.25, -0.2) is 0 Å². The first-order chi connectivity index (χ1) is 11.6. The maximum absolute atomic E-state index is 11.3. The molecule has 4 fully saturated rings. The Hall–Kier alpha value is -0.160. The van der Waals surface area contributed by atoms with E-state index < -0.39 is 12.2 Å². The summed E-state index contributed by atoms with van der Waals surface area (Å²) in [6.07, 6.45) is 6.77. The molecular formula is C21H37NO3. The highest BCUT2D eigenvalue weighted by Crippen LogP contribution is 2.68. The van der Waals surface area contributed by atoms with E-state index in [1.165, 1.54) is 0 Å². The van der Waals surface area contributed by atoms with Crippen molar-refractivity contribution in [3.8, 4) is 0 Å². The predicted molar refractivity (Wildman–Crippen MR) is 97.7 cm³/mol. The largest absolute Gasteiger partial charge is 0.393 e. The molecule has 4 heteroatoms. The van der Waals surface area contributed by atoms with Crippen molar-refractivity contribution in [2.75, 3.05) is 0 Å². The second-order valence-corrected chi connectivity index (χ2v) is 10.4. The fourth-order valence-corrected chi connectivity index (χ4v) is 8.10. The summed E-state index contributed by atoms with van der Waals surface area (Å²) in [5, 5.41) is 31.8. The van der Waals surface area contributed by atoms with E-state index in [1.54, 1.807) is 0 Å². The molecule has 4 rings (SSSR count). The van der Waals surface area contributed by atoms with E-state index in [-0.39, 0.29) is 28.4 Å². The van der Waals surface area contributed by atoms with Gasteiger partial charge in [-0.05, 0) is 87.4 Å². The van der Waals surface area contributed by atoms with E-state index in [1.807, 2.05) is 6.92 Å². The monoisotopic (exact) mass is 351 g/mol. The average molecular weight is 352 g/mol. The highest BCUT2D eigenvalue weighted by molar-refractivity contribution is 5.22. The van der Waals surface area contributed by atoms with Crippen LogP contribution in [-0.4, -0.2) is 39.2 Å². The normalized spacial score (nSPS) is 59.6. The van der Waals surface area contributed by atoms with Gasteiger partial charge in [0, 0.05) is 11.0 Å². The lowest BCUT2D eigenvalue weighted by atomic mass is 9.42. The molecule has 5 N–H and O–H groups in total. The molecule has 0 amide bonds. The molecule has 4 saturated carbocycles. The van der Waals surface area contributed by atoms with Crippen LogP contribution in [0.15, 0.2) is 0 Å². The number of hydrogen-bond donors (Lipinski definition) is 4. The minimum atomic E-state index is -0.441. The van der Waals surface area contributed by atoms with Gasteiger partial charge in [0.05, 0.1) is 18.3 Å². The number of hydrogen-bond acceptors (Lipinski definition) is 4. The van der Waals surface area contributed by atoms with Crippen molar-refractivity contribution in [3.63, 3.8) is 0 Å². The highest BCUT2D eigenvalue weighted by Gasteiger charge is 2.69. The summed E-state index contributed by atoms with van der Waals surface area (Å²) in [5.74, 6) is 1.53.